The standard InChI is InChI=1S/C10H13NO/c1-7-4-5-10(8(2)6-7)9(3)11-12/h4-6,9H,1-3H3. The van der Waals surface area contributed by atoms with E-state index in [1.165, 1.54) is 5.56 Å². The number of hydrogen-bond acceptors (Lipinski definition) is 2. The van der Waals surface area contributed by atoms with Gasteiger partial charge in [-0.1, -0.05) is 28.9 Å². The van der Waals surface area contributed by atoms with Gasteiger partial charge in [0.15, 0.2) is 0 Å². The maximum atomic E-state index is 10.3. The van der Waals surface area contributed by atoms with Crippen molar-refractivity contribution in [1.29, 1.82) is 0 Å². The summed E-state index contributed by atoms with van der Waals surface area (Å²) in [6.45, 7) is 5.85. The molecule has 1 rings (SSSR count). The fourth-order valence-electron chi connectivity index (χ4n) is 1.35. The zero-order chi connectivity index (χ0) is 9.14. The van der Waals surface area contributed by atoms with E-state index in [2.05, 4.69) is 11.2 Å². The van der Waals surface area contributed by atoms with E-state index < -0.39 is 0 Å². The number of rotatable bonds is 2. The molecule has 1 atom stereocenters. The lowest BCUT2D eigenvalue weighted by atomic mass is 10.0. The first-order valence-electron chi connectivity index (χ1n) is 4.04. The SMILES string of the molecule is Cc1ccc(C(C)N=O)c(C)c1. The molecule has 2 heteroatoms. The van der Waals surface area contributed by atoms with Crippen LogP contribution in [0.5, 0.6) is 0 Å². The van der Waals surface area contributed by atoms with Crippen LogP contribution < -0.4 is 0 Å². The van der Waals surface area contributed by atoms with Gasteiger partial charge in [0.2, 0.25) is 0 Å². The zero-order valence-electron chi connectivity index (χ0n) is 7.66. The Morgan fingerprint density at radius 1 is 1.33 bits per heavy atom. The molecule has 2 nitrogen and oxygen atoms in total. The average molecular weight is 163 g/mol. The molecule has 64 valence electrons. The maximum Gasteiger partial charge on any atom is 0.114 e. The highest BCUT2D eigenvalue weighted by Gasteiger charge is 2.06. The summed E-state index contributed by atoms with van der Waals surface area (Å²) in [6, 6.07) is 5.81. The van der Waals surface area contributed by atoms with Crippen molar-refractivity contribution in [2.24, 2.45) is 5.18 Å². The molecule has 0 heterocycles. The van der Waals surface area contributed by atoms with E-state index in [0.29, 0.717) is 0 Å². The van der Waals surface area contributed by atoms with Gasteiger partial charge in [0.25, 0.3) is 0 Å². The molecule has 12 heavy (non-hydrogen) atoms. The lowest BCUT2D eigenvalue weighted by molar-refractivity contribution is 0.803. The molecule has 1 aromatic carbocycles. The van der Waals surface area contributed by atoms with Crippen molar-refractivity contribution >= 4 is 0 Å². The number of hydrogen-bond donors (Lipinski definition) is 0. The molecule has 0 spiro atoms. The second-order valence-corrected chi connectivity index (χ2v) is 3.14. The van der Waals surface area contributed by atoms with Gasteiger partial charge in [-0.3, -0.25) is 0 Å². The Morgan fingerprint density at radius 2 is 2.00 bits per heavy atom. The van der Waals surface area contributed by atoms with Gasteiger partial charge in [-0.15, -0.1) is 0 Å². The number of nitrogens with zero attached hydrogens (tertiary/aromatic N) is 1. The van der Waals surface area contributed by atoms with Gasteiger partial charge < -0.3 is 0 Å². The van der Waals surface area contributed by atoms with E-state index in [0.717, 1.165) is 11.1 Å². The van der Waals surface area contributed by atoms with Gasteiger partial charge in [0, 0.05) is 0 Å². The van der Waals surface area contributed by atoms with Crippen molar-refractivity contribution in [1.82, 2.24) is 0 Å². The molecule has 0 radical (unpaired) electrons. The van der Waals surface area contributed by atoms with Gasteiger partial charge in [-0.25, -0.2) is 0 Å². The molecule has 0 saturated heterocycles. The molecule has 0 aliphatic rings. The summed E-state index contributed by atoms with van der Waals surface area (Å²) in [5, 5.41) is 3.00. The molecule has 0 fully saturated rings. The van der Waals surface area contributed by atoms with Gasteiger partial charge in [0.05, 0.1) is 0 Å². The Bertz CT molecular complexity index is 294. The van der Waals surface area contributed by atoms with E-state index >= 15 is 0 Å². The summed E-state index contributed by atoms with van der Waals surface area (Å²) in [5.74, 6) is 0. The summed E-state index contributed by atoms with van der Waals surface area (Å²) in [7, 11) is 0. The van der Waals surface area contributed by atoms with Crippen LogP contribution in [0.25, 0.3) is 0 Å². The highest BCUT2D eigenvalue weighted by Crippen LogP contribution is 2.20. The van der Waals surface area contributed by atoms with Crippen molar-refractivity contribution in [3.63, 3.8) is 0 Å². The van der Waals surface area contributed by atoms with Crippen molar-refractivity contribution in [2.75, 3.05) is 0 Å². The number of nitroso groups, excluding NO2 is 1. The highest BCUT2D eigenvalue weighted by molar-refractivity contribution is 5.32. The normalized spacial score (nSPS) is 12.6. The first kappa shape index (κ1) is 8.91. The monoisotopic (exact) mass is 163 g/mol. The minimum Gasteiger partial charge on any atom is -0.150 e. The lowest BCUT2D eigenvalue weighted by Crippen LogP contribution is -1.92. The van der Waals surface area contributed by atoms with Crippen molar-refractivity contribution < 1.29 is 0 Å². The zero-order valence-corrected chi connectivity index (χ0v) is 7.66. The molecule has 1 aromatic rings. The third-order valence-electron chi connectivity index (χ3n) is 2.03. The first-order valence-corrected chi connectivity index (χ1v) is 4.04. The maximum absolute atomic E-state index is 10.3. The second kappa shape index (κ2) is 3.48. The molecule has 0 N–H and O–H groups in total. The summed E-state index contributed by atoms with van der Waals surface area (Å²) in [6.07, 6.45) is 0. The molecule has 0 amide bonds. The van der Waals surface area contributed by atoms with Crippen LogP contribution in [0.3, 0.4) is 0 Å². The van der Waals surface area contributed by atoms with Gasteiger partial charge in [0.1, 0.15) is 6.04 Å². The summed E-state index contributed by atoms with van der Waals surface area (Å²) < 4.78 is 0. The predicted molar refractivity (Wildman–Crippen MR) is 50.1 cm³/mol. The lowest BCUT2D eigenvalue weighted by Gasteiger charge is -2.07. The Morgan fingerprint density at radius 3 is 2.50 bits per heavy atom. The molecule has 0 aromatic heterocycles. The average Bonchev–Trinajstić information content (AvgIpc) is 2.03. The van der Waals surface area contributed by atoms with Crippen molar-refractivity contribution in [2.45, 2.75) is 26.8 Å². The van der Waals surface area contributed by atoms with Crippen LogP contribution in [0.2, 0.25) is 0 Å². The molecular weight excluding hydrogens is 150 g/mol. The molecule has 0 bridgehead atoms. The molecule has 0 aliphatic heterocycles. The second-order valence-electron chi connectivity index (χ2n) is 3.14. The van der Waals surface area contributed by atoms with Crippen molar-refractivity contribution in [3.8, 4) is 0 Å². The van der Waals surface area contributed by atoms with E-state index in [1.54, 1.807) is 0 Å². The number of aryl methyl sites for hydroxylation is 2. The van der Waals surface area contributed by atoms with Crippen LogP contribution in [0.1, 0.15) is 29.7 Å². The number of benzene rings is 1. The fraction of sp³-hybridized carbons (Fsp3) is 0.400. The van der Waals surface area contributed by atoms with Crippen molar-refractivity contribution in [3.05, 3.63) is 39.8 Å². The Hall–Kier alpha value is -1.18. The molecule has 1 unspecified atom stereocenters. The summed E-state index contributed by atoms with van der Waals surface area (Å²) in [4.78, 5) is 10.3. The highest BCUT2D eigenvalue weighted by atomic mass is 16.3. The Labute approximate surface area is 72.6 Å². The van der Waals surface area contributed by atoms with Gasteiger partial charge in [-0.2, -0.15) is 4.91 Å². The minimum atomic E-state index is -0.231. The molecular formula is C10H13NO. The van der Waals surface area contributed by atoms with Crippen LogP contribution in [0, 0.1) is 18.8 Å². The topological polar surface area (TPSA) is 29.4 Å². The quantitative estimate of drug-likeness (QED) is 0.616. The molecule has 0 aliphatic carbocycles. The van der Waals surface area contributed by atoms with Gasteiger partial charge in [-0.05, 0) is 31.9 Å². The first-order chi connectivity index (χ1) is 5.65. The van der Waals surface area contributed by atoms with Crippen LogP contribution in [-0.4, -0.2) is 0 Å². The van der Waals surface area contributed by atoms with E-state index in [-0.39, 0.29) is 6.04 Å². The fourth-order valence-corrected chi connectivity index (χ4v) is 1.35. The minimum absolute atomic E-state index is 0.231. The van der Waals surface area contributed by atoms with Crippen LogP contribution in [0.15, 0.2) is 23.4 Å². The van der Waals surface area contributed by atoms with E-state index in [1.807, 2.05) is 32.9 Å². The summed E-state index contributed by atoms with van der Waals surface area (Å²) >= 11 is 0. The Balaban J connectivity index is 3.09. The third kappa shape index (κ3) is 1.70. The van der Waals surface area contributed by atoms with E-state index in [9.17, 15) is 4.91 Å². The van der Waals surface area contributed by atoms with E-state index in [4.69, 9.17) is 0 Å². The Kier molecular flexibility index (Phi) is 2.58. The molecule has 0 saturated carbocycles. The largest absolute Gasteiger partial charge is 0.150 e. The predicted octanol–water partition coefficient (Wildman–Crippen LogP) is 3.13. The van der Waals surface area contributed by atoms with Gasteiger partial charge >= 0.3 is 0 Å². The smallest absolute Gasteiger partial charge is 0.114 e. The third-order valence-corrected chi connectivity index (χ3v) is 2.03. The van der Waals surface area contributed by atoms with Crippen LogP contribution >= 0.6 is 0 Å². The van der Waals surface area contributed by atoms with Crippen LogP contribution in [-0.2, 0) is 0 Å². The summed E-state index contributed by atoms with van der Waals surface area (Å²) in [5.41, 5.74) is 3.38. The van der Waals surface area contributed by atoms with Crippen LogP contribution in [0.4, 0.5) is 0 Å².